The largest absolute Gasteiger partial charge is 0.378 e. The fourth-order valence-corrected chi connectivity index (χ4v) is 6.47. The molecule has 1 aromatic carbocycles. The van der Waals surface area contributed by atoms with E-state index in [0.29, 0.717) is 18.6 Å². The molecule has 2 aliphatic carbocycles. The maximum absolute atomic E-state index is 13.3. The Kier molecular flexibility index (Phi) is 5.35. The van der Waals surface area contributed by atoms with Crippen LogP contribution in [0.5, 0.6) is 0 Å². The van der Waals surface area contributed by atoms with E-state index < -0.39 is 14.9 Å². The van der Waals surface area contributed by atoms with Gasteiger partial charge in [0.2, 0.25) is 10.0 Å². The lowest BCUT2D eigenvalue weighted by Gasteiger charge is -2.56. The summed E-state index contributed by atoms with van der Waals surface area (Å²) in [5, 5.41) is 11.5. The zero-order valence-electron chi connectivity index (χ0n) is 16.4. The quantitative estimate of drug-likeness (QED) is 0.542. The maximum Gasteiger partial charge on any atom is 0.289 e. The van der Waals surface area contributed by atoms with Gasteiger partial charge in [-0.2, -0.15) is 4.31 Å². The minimum absolute atomic E-state index is 0.0717. The van der Waals surface area contributed by atoms with Gasteiger partial charge in [-0.3, -0.25) is 10.1 Å². The van der Waals surface area contributed by atoms with Gasteiger partial charge in [0, 0.05) is 31.2 Å². The molecule has 27 heavy (non-hydrogen) atoms. The molecular formula is C19H28N2O5S. The van der Waals surface area contributed by atoms with Crippen LogP contribution in [0, 0.1) is 29.4 Å². The van der Waals surface area contributed by atoms with Gasteiger partial charge in [0.1, 0.15) is 0 Å². The van der Waals surface area contributed by atoms with Gasteiger partial charge in [-0.05, 0) is 57.2 Å². The molecule has 0 heterocycles. The number of hydrogen-bond donors (Lipinski definition) is 0. The van der Waals surface area contributed by atoms with E-state index >= 15 is 0 Å². The molecule has 0 saturated heterocycles. The van der Waals surface area contributed by atoms with E-state index in [2.05, 4.69) is 0 Å². The molecule has 0 unspecified atom stereocenters. The van der Waals surface area contributed by atoms with Crippen LogP contribution in [0.25, 0.3) is 0 Å². The molecule has 2 fully saturated rings. The number of nitrogens with zero attached hydrogens (tertiary/aromatic N) is 2. The number of aryl methyl sites for hydroxylation is 2. The molecule has 7 nitrogen and oxygen atoms in total. The zero-order valence-corrected chi connectivity index (χ0v) is 17.2. The van der Waals surface area contributed by atoms with Crippen molar-refractivity contribution < 1.29 is 18.1 Å². The van der Waals surface area contributed by atoms with E-state index in [-0.39, 0.29) is 28.1 Å². The summed E-state index contributed by atoms with van der Waals surface area (Å²) in [4.78, 5) is 10.7. The van der Waals surface area contributed by atoms with Crippen molar-refractivity contribution in [2.45, 2.75) is 69.9 Å². The third-order valence-corrected chi connectivity index (χ3v) is 8.41. The summed E-state index contributed by atoms with van der Waals surface area (Å²) in [6.07, 6.45) is 4.73. The lowest BCUT2D eigenvalue weighted by molar-refractivity contribution is -0.387. The number of ether oxygens (including phenoxy) is 1. The maximum atomic E-state index is 13.3. The van der Waals surface area contributed by atoms with E-state index in [1.165, 1.54) is 16.4 Å². The number of nitro benzene ring substituents is 1. The normalized spacial score (nSPS) is 24.3. The average Bonchev–Trinajstić information content (AvgIpc) is 3.12. The molecule has 0 aliphatic heterocycles. The lowest BCUT2D eigenvalue weighted by atomic mass is 9.60. The predicted octanol–water partition coefficient (Wildman–Crippen LogP) is 3.57. The third-order valence-electron chi connectivity index (χ3n) is 6.51. The molecule has 150 valence electrons. The van der Waals surface area contributed by atoms with Crippen molar-refractivity contribution in [2.24, 2.45) is 5.41 Å². The molecule has 2 saturated carbocycles. The second-order valence-electron chi connectivity index (χ2n) is 7.82. The SMILES string of the molecule is CCO[C@H]1C[C@@H](N(C)S(=O)(=O)c2cc(C)c(C)cc2[N+](=O)[O-])C12CCCC2. The van der Waals surface area contributed by atoms with Crippen molar-refractivity contribution in [3.05, 3.63) is 33.4 Å². The van der Waals surface area contributed by atoms with Crippen molar-refractivity contribution in [3.63, 3.8) is 0 Å². The van der Waals surface area contributed by atoms with Crippen molar-refractivity contribution >= 4 is 15.7 Å². The van der Waals surface area contributed by atoms with Crippen LogP contribution in [0.15, 0.2) is 17.0 Å². The summed E-state index contributed by atoms with van der Waals surface area (Å²) in [5.74, 6) is 0. The lowest BCUT2D eigenvalue weighted by Crippen LogP contribution is -2.63. The van der Waals surface area contributed by atoms with Gasteiger partial charge in [-0.15, -0.1) is 0 Å². The topological polar surface area (TPSA) is 89.8 Å². The van der Waals surface area contributed by atoms with Crippen molar-refractivity contribution in [2.75, 3.05) is 13.7 Å². The number of nitro groups is 1. The molecule has 1 aromatic rings. The Morgan fingerprint density at radius 3 is 2.41 bits per heavy atom. The summed E-state index contributed by atoms with van der Waals surface area (Å²) >= 11 is 0. The minimum atomic E-state index is -3.98. The molecule has 0 amide bonds. The Balaban J connectivity index is 1.99. The van der Waals surface area contributed by atoms with Gasteiger partial charge >= 0.3 is 0 Å². The van der Waals surface area contributed by atoms with Crippen LogP contribution < -0.4 is 0 Å². The summed E-state index contributed by atoms with van der Waals surface area (Å²) in [6.45, 7) is 6.08. The van der Waals surface area contributed by atoms with Crippen molar-refractivity contribution in [1.82, 2.24) is 4.31 Å². The first-order chi connectivity index (χ1) is 12.6. The molecule has 8 heteroatoms. The number of benzene rings is 1. The highest BCUT2D eigenvalue weighted by Gasteiger charge is 2.60. The molecule has 3 rings (SSSR count). The average molecular weight is 397 g/mol. The van der Waals surface area contributed by atoms with Crippen molar-refractivity contribution in [1.29, 1.82) is 0 Å². The highest BCUT2D eigenvalue weighted by atomic mass is 32.2. The van der Waals surface area contributed by atoms with Crippen LogP contribution in [0.4, 0.5) is 5.69 Å². The Bertz CT molecular complexity index is 846. The second kappa shape index (κ2) is 7.14. The fourth-order valence-electron chi connectivity index (χ4n) is 4.81. The van der Waals surface area contributed by atoms with Crippen LogP contribution in [-0.4, -0.2) is 43.4 Å². The highest BCUT2D eigenvalue weighted by molar-refractivity contribution is 7.89. The number of sulfonamides is 1. The minimum Gasteiger partial charge on any atom is -0.378 e. The van der Waals surface area contributed by atoms with Gasteiger partial charge in [0.15, 0.2) is 4.90 Å². The van der Waals surface area contributed by atoms with Crippen LogP contribution in [-0.2, 0) is 14.8 Å². The fraction of sp³-hybridized carbons (Fsp3) is 0.684. The molecule has 0 aromatic heterocycles. The molecule has 1 spiro atoms. The van der Waals surface area contributed by atoms with Gasteiger partial charge in [0.05, 0.1) is 11.0 Å². The van der Waals surface area contributed by atoms with E-state index in [1.807, 2.05) is 6.92 Å². The summed E-state index contributed by atoms with van der Waals surface area (Å²) < 4.78 is 33.9. The molecule has 0 radical (unpaired) electrons. The van der Waals surface area contributed by atoms with E-state index in [9.17, 15) is 18.5 Å². The van der Waals surface area contributed by atoms with Crippen molar-refractivity contribution in [3.8, 4) is 0 Å². The zero-order chi connectivity index (χ0) is 20.0. The van der Waals surface area contributed by atoms with E-state index in [0.717, 1.165) is 31.2 Å². The molecular weight excluding hydrogens is 368 g/mol. The number of rotatable bonds is 6. The van der Waals surface area contributed by atoms with Crippen LogP contribution in [0.2, 0.25) is 0 Å². The molecule has 0 bridgehead atoms. The monoisotopic (exact) mass is 396 g/mol. The summed E-state index contributed by atoms with van der Waals surface area (Å²) in [7, 11) is -2.42. The third kappa shape index (κ3) is 3.17. The Hall–Kier alpha value is -1.51. The van der Waals surface area contributed by atoms with E-state index in [1.54, 1.807) is 20.9 Å². The van der Waals surface area contributed by atoms with Gasteiger partial charge < -0.3 is 4.74 Å². The molecule has 2 atom stereocenters. The van der Waals surface area contributed by atoms with E-state index in [4.69, 9.17) is 4.74 Å². The van der Waals surface area contributed by atoms with Crippen LogP contribution in [0.1, 0.15) is 50.2 Å². The highest BCUT2D eigenvalue weighted by Crippen LogP contribution is 2.57. The first-order valence-electron chi connectivity index (χ1n) is 9.50. The summed E-state index contributed by atoms with van der Waals surface area (Å²) in [6, 6.07) is 2.60. The van der Waals surface area contributed by atoms with Crippen LogP contribution in [0.3, 0.4) is 0 Å². The second-order valence-corrected chi connectivity index (χ2v) is 9.78. The molecule has 2 aliphatic rings. The van der Waals surface area contributed by atoms with Gasteiger partial charge in [0.25, 0.3) is 5.69 Å². The van der Waals surface area contributed by atoms with Gasteiger partial charge in [-0.25, -0.2) is 8.42 Å². The predicted molar refractivity (Wildman–Crippen MR) is 102 cm³/mol. The first kappa shape index (κ1) is 20.2. The Morgan fingerprint density at radius 1 is 1.26 bits per heavy atom. The molecule has 0 N–H and O–H groups in total. The summed E-state index contributed by atoms with van der Waals surface area (Å²) in [5.41, 5.74) is 0.914. The van der Waals surface area contributed by atoms with Crippen LogP contribution >= 0.6 is 0 Å². The smallest absolute Gasteiger partial charge is 0.289 e. The standard InChI is InChI=1S/C19H28N2O5S/c1-5-26-18-12-17(19(18)8-6-7-9-19)20(4)27(24,25)16-11-14(3)13(2)10-15(16)21(22)23/h10-11,17-18H,5-9,12H2,1-4H3/t17-,18+/m1/s1. The number of hydrogen-bond acceptors (Lipinski definition) is 5. The van der Waals surface area contributed by atoms with Gasteiger partial charge in [-0.1, -0.05) is 12.8 Å². The Morgan fingerprint density at radius 2 is 1.85 bits per heavy atom. The Labute approximate surface area is 160 Å². The first-order valence-corrected chi connectivity index (χ1v) is 10.9.